The Morgan fingerprint density at radius 3 is 2.75 bits per heavy atom. The molecule has 1 aromatic carbocycles. The van der Waals surface area contributed by atoms with Gasteiger partial charge in [-0.25, -0.2) is 0 Å². The van der Waals surface area contributed by atoms with Gasteiger partial charge in [0.15, 0.2) is 5.11 Å². The van der Waals surface area contributed by atoms with Crippen LogP contribution in [0.2, 0.25) is 0 Å². The van der Waals surface area contributed by atoms with Crippen LogP contribution in [0, 0.1) is 17.4 Å². The fraction of sp³-hybridized carbons (Fsp3) is 0.143. The van der Waals surface area contributed by atoms with Crippen molar-refractivity contribution in [3.05, 3.63) is 50.9 Å². The normalized spacial score (nSPS) is 10.9. The second-order valence-electron chi connectivity index (χ2n) is 4.35. The van der Waals surface area contributed by atoms with Gasteiger partial charge in [-0.15, -0.1) is 0 Å². The molecule has 3 N–H and O–H groups in total. The smallest absolute Gasteiger partial charge is 0.184 e. The Labute approximate surface area is 137 Å². The first-order valence-electron chi connectivity index (χ1n) is 6.03. The molecule has 1 aromatic heterocycles. The van der Waals surface area contributed by atoms with E-state index in [-0.39, 0.29) is 5.11 Å². The summed E-state index contributed by atoms with van der Waals surface area (Å²) >= 11 is 7.06. The Kier molecular flexibility index (Phi) is 4.77. The monoisotopic (exact) mass is 398 g/mol. The predicted octanol–water partition coefficient (Wildman–Crippen LogP) is 2.87. The zero-order chi connectivity index (χ0) is 14.7. The molecule has 104 valence electrons. The SMILES string of the molecule is Cc1cc(C=NNC(N)=S)c(C)n1-c1ccccc1I. The summed E-state index contributed by atoms with van der Waals surface area (Å²) in [6.07, 6.45) is 1.73. The van der Waals surface area contributed by atoms with Crippen LogP contribution in [0.15, 0.2) is 35.4 Å². The van der Waals surface area contributed by atoms with Gasteiger partial charge < -0.3 is 10.3 Å². The van der Waals surface area contributed by atoms with E-state index < -0.39 is 0 Å². The van der Waals surface area contributed by atoms with Crippen LogP contribution in [-0.4, -0.2) is 15.9 Å². The van der Waals surface area contributed by atoms with Crippen molar-refractivity contribution in [2.24, 2.45) is 10.8 Å². The van der Waals surface area contributed by atoms with Crippen molar-refractivity contribution in [3.63, 3.8) is 0 Å². The van der Waals surface area contributed by atoms with Crippen molar-refractivity contribution >= 4 is 46.1 Å². The predicted molar refractivity (Wildman–Crippen MR) is 95.5 cm³/mol. The Hall–Kier alpha value is -1.41. The number of nitrogens with two attached hydrogens (primary N) is 1. The molecule has 1 heterocycles. The first kappa shape index (κ1) is 15.0. The highest BCUT2D eigenvalue weighted by molar-refractivity contribution is 14.1. The Morgan fingerprint density at radius 1 is 1.40 bits per heavy atom. The molecule has 2 rings (SSSR count). The van der Waals surface area contributed by atoms with Crippen molar-refractivity contribution in [2.75, 3.05) is 0 Å². The highest BCUT2D eigenvalue weighted by Gasteiger charge is 2.11. The third-order valence-electron chi connectivity index (χ3n) is 2.94. The van der Waals surface area contributed by atoms with E-state index in [1.165, 1.54) is 9.26 Å². The summed E-state index contributed by atoms with van der Waals surface area (Å²) in [6.45, 7) is 4.15. The van der Waals surface area contributed by atoms with Crippen molar-refractivity contribution in [2.45, 2.75) is 13.8 Å². The zero-order valence-electron chi connectivity index (χ0n) is 11.2. The Bertz CT molecular complexity index is 676. The third kappa shape index (κ3) is 3.18. The van der Waals surface area contributed by atoms with Crippen LogP contribution in [0.25, 0.3) is 5.69 Å². The first-order valence-corrected chi connectivity index (χ1v) is 7.51. The fourth-order valence-electron chi connectivity index (χ4n) is 2.09. The molecule has 0 aliphatic heterocycles. The summed E-state index contributed by atoms with van der Waals surface area (Å²) in [6, 6.07) is 10.4. The van der Waals surface area contributed by atoms with Crippen LogP contribution >= 0.6 is 34.8 Å². The van der Waals surface area contributed by atoms with E-state index in [9.17, 15) is 0 Å². The lowest BCUT2D eigenvalue weighted by molar-refractivity contribution is 0.958. The van der Waals surface area contributed by atoms with Gasteiger partial charge in [0.2, 0.25) is 0 Å². The van der Waals surface area contributed by atoms with Crippen molar-refractivity contribution in [3.8, 4) is 5.69 Å². The Morgan fingerprint density at radius 2 is 2.10 bits per heavy atom. The molecule has 0 fully saturated rings. The maximum Gasteiger partial charge on any atom is 0.184 e. The first-order chi connectivity index (χ1) is 9.50. The molecule has 0 atom stereocenters. The van der Waals surface area contributed by atoms with Crippen LogP contribution in [-0.2, 0) is 0 Å². The molecule has 0 aliphatic carbocycles. The lowest BCUT2D eigenvalue weighted by Gasteiger charge is -2.11. The molecule has 0 amide bonds. The lowest BCUT2D eigenvalue weighted by Crippen LogP contribution is -2.24. The lowest BCUT2D eigenvalue weighted by atomic mass is 10.2. The molecule has 4 nitrogen and oxygen atoms in total. The minimum Gasteiger partial charge on any atom is -0.375 e. The van der Waals surface area contributed by atoms with E-state index >= 15 is 0 Å². The van der Waals surface area contributed by atoms with Gasteiger partial charge in [0.25, 0.3) is 0 Å². The fourth-order valence-corrected chi connectivity index (χ4v) is 2.77. The molecule has 0 saturated carbocycles. The molecule has 2 aromatic rings. The van der Waals surface area contributed by atoms with E-state index in [1.807, 2.05) is 12.1 Å². The number of aryl methyl sites for hydroxylation is 1. The third-order valence-corrected chi connectivity index (χ3v) is 3.95. The maximum atomic E-state index is 5.34. The van der Waals surface area contributed by atoms with E-state index in [1.54, 1.807) is 6.21 Å². The number of hydrogen-bond acceptors (Lipinski definition) is 2. The number of halogens is 1. The van der Waals surface area contributed by atoms with Gasteiger partial charge in [-0.3, -0.25) is 5.43 Å². The molecule has 0 saturated heterocycles. The van der Waals surface area contributed by atoms with E-state index in [0.29, 0.717) is 0 Å². The quantitative estimate of drug-likeness (QED) is 0.362. The molecule has 0 aliphatic rings. The molecular weight excluding hydrogens is 383 g/mol. The Balaban J connectivity index is 2.42. The van der Waals surface area contributed by atoms with Gasteiger partial charge in [-0.2, -0.15) is 5.10 Å². The summed E-state index contributed by atoms with van der Waals surface area (Å²) < 4.78 is 3.42. The van der Waals surface area contributed by atoms with Crippen LogP contribution in [0.3, 0.4) is 0 Å². The van der Waals surface area contributed by atoms with E-state index in [4.69, 9.17) is 18.0 Å². The van der Waals surface area contributed by atoms with Crippen molar-refractivity contribution in [1.29, 1.82) is 0 Å². The maximum absolute atomic E-state index is 5.34. The number of nitrogens with zero attached hydrogens (tertiary/aromatic N) is 2. The van der Waals surface area contributed by atoms with Crippen molar-refractivity contribution in [1.82, 2.24) is 9.99 Å². The number of hydrazone groups is 1. The van der Waals surface area contributed by atoms with Gasteiger partial charge in [0.1, 0.15) is 0 Å². The van der Waals surface area contributed by atoms with Gasteiger partial charge in [-0.1, -0.05) is 12.1 Å². The molecule has 0 unspecified atom stereocenters. The van der Waals surface area contributed by atoms with Crippen LogP contribution < -0.4 is 11.2 Å². The van der Waals surface area contributed by atoms with Crippen LogP contribution in [0.4, 0.5) is 0 Å². The average molecular weight is 398 g/mol. The number of benzene rings is 1. The number of aromatic nitrogens is 1. The van der Waals surface area contributed by atoms with Gasteiger partial charge in [0.05, 0.1) is 11.9 Å². The molecular formula is C14H15IN4S. The second kappa shape index (κ2) is 6.36. The molecule has 6 heteroatoms. The van der Waals surface area contributed by atoms with Crippen LogP contribution in [0.1, 0.15) is 17.0 Å². The molecule has 20 heavy (non-hydrogen) atoms. The average Bonchev–Trinajstić information content (AvgIpc) is 2.65. The van der Waals surface area contributed by atoms with E-state index in [0.717, 1.165) is 17.0 Å². The van der Waals surface area contributed by atoms with Gasteiger partial charge in [-0.05, 0) is 66.9 Å². The number of thiocarbonyl (C=S) groups is 1. The van der Waals surface area contributed by atoms with Gasteiger partial charge >= 0.3 is 0 Å². The minimum absolute atomic E-state index is 0.160. The summed E-state index contributed by atoms with van der Waals surface area (Å²) in [7, 11) is 0. The number of rotatable bonds is 3. The largest absolute Gasteiger partial charge is 0.375 e. The highest BCUT2D eigenvalue weighted by atomic mass is 127. The van der Waals surface area contributed by atoms with E-state index in [2.05, 4.69) is 69.7 Å². The molecule has 0 radical (unpaired) electrons. The van der Waals surface area contributed by atoms with Crippen LogP contribution in [0.5, 0.6) is 0 Å². The number of para-hydroxylation sites is 1. The number of hydrogen-bond donors (Lipinski definition) is 2. The highest BCUT2D eigenvalue weighted by Crippen LogP contribution is 2.23. The van der Waals surface area contributed by atoms with Crippen molar-refractivity contribution < 1.29 is 0 Å². The zero-order valence-corrected chi connectivity index (χ0v) is 14.2. The second-order valence-corrected chi connectivity index (χ2v) is 5.95. The minimum atomic E-state index is 0.160. The topological polar surface area (TPSA) is 55.3 Å². The molecule has 0 bridgehead atoms. The van der Waals surface area contributed by atoms with Gasteiger partial charge in [0, 0.05) is 20.5 Å². The summed E-state index contributed by atoms with van der Waals surface area (Å²) in [5.41, 5.74) is 12.4. The molecule has 0 spiro atoms. The summed E-state index contributed by atoms with van der Waals surface area (Å²) in [4.78, 5) is 0. The standard InChI is InChI=1S/C14H15IN4S/c1-9-7-11(8-17-18-14(16)20)10(2)19(9)13-6-4-3-5-12(13)15/h3-8H,1-2H3,(H3,16,18,20). The summed E-state index contributed by atoms with van der Waals surface area (Å²) in [5, 5.41) is 4.18. The number of nitrogens with one attached hydrogen (secondary N) is 1. The summed E-state index contributed by atoms with van der Waals surface area (Å²) in [5.74, 6) is 0.